The summed E-state index contributed by atoms with van der Waals surface area (Å²) in [6.45, 7) is 5.32. The van der Waals surface area contributed by atoms with Gasteiger partial charge in [0.05, 0.1) is 17.8 Å². The molecule has 4 rings (SSSR count). The maximum absolute atomic E-state index is 13.2. The molecule has 4 heterocycles. The van der Waals surface area contributed by atoms with Crippen LogP contribution in [0.25, 0.3) is 0 Å². The zero-order valence-electron chi connectivity index (χ0n) is 21.4. The summed E-state index contributed by atoms with van der Waals surface area (Å²) in [6, 6.07) is 5.40. The van der Waals surface area contributed by atoms with Crippen molar-refractivity contribution in [2.45, 2.75) is 26.3 Å². The smallest absolute Gasteiger partial charge is 0.328 e. The summed E-state index contributed by atoms with van der Waals surface area (Å²) >= 11 is 0. The molecule has 0 bridgehead atoms. The third-order valence-corrected chi connectivity index (χ3v) is 7.32. The largest absolute Gasteiger partial charge is 0.383 e. The molecule has 0 aromatic carbocycles. The van der Waals surface area contributed by atoms with Gasteiger partial charge in [-0.05, 0) is 44.0 Å². The average Bonchev–Trinajstić information content (AvgIpc) is 2.85. The van der Waals surface area contributed by atoms with Crippen LogP contribution in [-0.2, 0) is 28.6 Å². The van der Waals surface area contributed by atoms with Gasteiger partial charge < -0.3 is 10.2 Å². The number of likely N-dealkylation sites (N-methyl/N-ethyl adjacent to an activating group) is 1. The molecule has 1 unspecified atom stereocenters. The number of rotatable bonds is 7. The second kappa shape index (κ2) is 11.7. The van der Waals surface area contributed by atoms with Gasteiger partial charge in [-0.15, -0.1) is 0 Å². The molecule has 0 radical (unpaired) electrons. The van der Waals surface area contributed by atoms with Crippen molar-refractivity contribution in [3.8, 4) is 6.07 Å². The van der Waals surface area contributed by atoms with Crippen LogP contribution in [-0.4, -0.2) is 87.7 Å². The molecule has 196 valence electrons. The molecule has 2 aliphatic heterocycles. The fourth-order valence-electron chi connectivity index (χ4n) is 4.46. The van der Waals surface area contributed by atoms with E-state index in [1.54, 1.807) is 17.2 Å². The van der Waals surface area contributed by atoms with Crippen LogP contribution in [0.15, 0.2) is 18.3 Å². The van der Waals surface area contributed by atoms with E-state index in [1.807, 2.05) is 23.8 Å². The van der Waals surface area contributed by atoms with Gasteiger partial charge in [0.15, 0.2) is 0 Å². The quantitative estimate of drug-likeness (QED) is 0.559. The first-order chi connectivity index (χ1) is 17.7. The average molecular weight is 525 g/mol. The molecule has 1 atom stereocenters. The number of urea groups is 1. The molecule has 11 nitrogen and oxygen atoms in total. The first-order valence-electron chi connectivity index (χ1n) is 12.2. The van der Waals surface area contributed by atoms with E-state index in [9.17, 15) is 19.1 Å². The molecule has 37 heavy (non-hydrogen) atoms. The topological polar surface area (TPSA) is 135 Å². The van der Waals surface area contributed by atoms with Crippen molar-refractivity contribution < 1.29 is 13.8 Å². The van der Waals surface area contributed by atoms with Crippen molar-refractivity contribution in [2.75, 3.05) is 67.3 Å². The molecule has 1 fully saturated rings. The summed E-state index contributed by atoms with van der Waals surface area (Å²) in [4.78, 5) is 40.2. The highest BCUT2D eigenvalue weighted by Gasteiger charge is 2.27. The highest BCUT2D eigenvalue weighted by molar-refractivity contribution is 7.84. The third kappa shape index (κ3) is 6.42. The number of aromatic nitrogens is 2. The van der Waals surface area contributed by atoms with Crippen molar-refractivity contribution in [3.05, 3.63) is 40.7 Å². The summed E-state index contributed by atoms with van der Waals surface area (Å²) in [5, 5.41) is 15.3. The molecular formula is C25H32N8O3S. The van der Waals surface area contributed by atoms with Crippen LogP contribution in [0, 0.1) is 18.3 Å². The SMILES string of the molecule is Cc1nc2c(cc1CN1CCN(C)CC1=O)CCCN2C(=O)Nc1cc(NCCS(C)=O)c(C#N)cn1. The van der Waals surface area contributed by atoms with E-state index in [0.717, 1.165) is 36.2 Å². The lowest BCUT2D eigenvalue weighted by Crippen LogP contribution is -2.48. The molecule has 2 aliphatic rings. The Kier molecular flexibility index (Phi) is 8.35. The number of amides is 3. The standard InChI is InChI=1S/C25H32N8O3S/c1-17-19(15-32-9-8-31(2)16-23(32)34)11-18-5-4-7-33(24(18)29-17)25(35)30-22-12-21(20(13-26)14-28-22)27-6-10-37(3)36/h11-12,14H,4-10,15-16H2,1-3H3,(H2,27,28,30,35). The summed E-state index contributed by atoms with van der Waals surface area (Å²) in [5.74, 6) is 1.47. The van der Waals surface area contributed by atoms with Crippen LogP contribution in [0.3, 0.4) is 0 Å². The molecule has 0 saturated carbocycles. The zero-order valence-corrected chi connectivity index (χ0v) is 22.2. The minimum absolute atomic E-state index is 0.110. The van der Waals surface area contributed by atoms with Crippen molar-refractivity contribution in [3.63, 3.8) is 0 Å². The van der Waals surface area contributed by atoms with Crippen molar-refractivity contribution in [2.24, 2.45) is 0 Å². The lowest BCUT2D eigenvalue weighted by atomic mass is 10.0. The number of fused-ring (bicyclic) bond motifs is 1. The highest BCUT2D eigenvalue weighted by Crippen LogP contribution is 2.29. The number of pyridine rings is 2. The van der Waals surface area contributed by atoms with Crippen LogP contribution in [0.4, 0.5) is 22.1 Å². The number of nitrogens with zero attached hydrogens (tertiary/aromatic N) is 6. The number of hydrogen-bond acceptors (Lipinski definition) is 8. The Morgan fingerprint density at radius 2 is 2.08 bits per heavy atom. The molecule has 2 aromatic heterocycles. The zero-order chi connectivity index (χ0) is 26.5. The van der Waals surface area contributed by atoms with Crippen LogP contribution < -0.4 is 15.5 Å². The normalized spacial score (nSPS) is 16.6. The van der Waals surface area contributed by atoms with Gasteiger partial charge in [-0.1, -0.05) is 0 Å². The van der Waals surface area contributed by atoms with Gasteiger partial charge in [-0.25, -0.2) is 14.8 Å². The Balaban J connectivity index is 1.49. The Hall–Kier alpha value is -3.56. The lowest BCUT2D eigenvalue weighted by molar-refractivity contribution is -0.136. The summed E-state index contributed by atoms with van der Waals surface area (Å²) < 4.78 is 11.4. The second-order valence-corrected chi connectivity index (χ2v) is 10.9. The number of carbonyl (C=O) groups is 2. The van der Waals surface area contributed by atoms with E-state index in [-0.39, 0.29) is 11.9 Å². The number of carbonyl (C=O) groups excluding carboxylic acids is 2. The predicted molar refractivity (Wildman–Crippen MR) is 143 cm³/mol. The van der Waals surface area contributed by atoms with Crippen LogP contribution in [0.1, 0.15) is 28.8 Å². The Morgan fingerprint density at radius 3 is 2.81 bits per heavy atom. The number of hydrogen-bond donors (Lipinski definition) is 2. The van der Waals surface area contributed by atoms with E-state index in [0.29, 0.717) is 61.4 Å². The van der Waals surface area contributed by atoms with E-state index >= 15 is 0 Å². The fraction of sp³-hybridized carbons (Fsp3) is 0.480. The highest BCUT2D eigenvalue weighted by atomic mass is 32.2. The number of piperazine rings is 1. The summed E-state index contributed by atoms with van der Waals surface area (Å²) in [6.07, 6.45) is 4.61. The van der Waals surface area contributed by atoms with E-state index in [1.165, 1.54) is 6.20 Å². The van der Waals surface area contributed by atoms with Crippen LogP contribution in [0.2, 0.25) is 0 Å². The van der Waals surface area contributed by atoms with Crippen LogP contribution in [0.5, 0.6) is 0 Å². The first kappa shape index (κ1) is 26.5. The van der Waals surface area contributed by atoms with Gasteiger partial charge in [-0.2, -0.15) is 5.26 Å². The van der Waals surface area contributed by atoms with E-state index in [2.05, 4.69) is 27.8 Å². The van der Waals surface area contributed by atoms with Gasteiger partial charge in [0.2, 0.25) is 5.91 Å². The second-order valence-electron chi connectivity index (χ2n) is 9.39. The van der Waals surface area contributed by atoms with Crippen LogP contribution >= 0.6 is 0 Å². The van der Waals surface area contributed by atoms with Gasteiger partial charge in [-0.3, -0.25) is 24.1 Å². The summed E-state index contributed by atoms with van der Waals surface area (Å²) in [7, 11) is 0.984. The maximum Gasteiger partial charge on any atom is 0.328 e. The van der Waals surface area contributed by atoms with Crippen molar-refractivity contribution in [1.82, 2.24) is 19.8 Å². The van der Waals surface area contributed by atoms with Gasteiger partial charge in [0, 0.05) is 73.5 Å². The number of nitrogens with one attached hydrogen (secondary N) is 2. The number of aryl methyl sites for hydroxylation is 2. The Morgan fingerprint density at radius 1 is 1.27 bits per heavy atom. The van der Waals surface area contributed by atoms with Crippen molar-refractivity contribution >= 4 is 40.1 Å². The number of nitriles is 1. The monoisotopic (exact) mass is 524 g/mol. The first-order valence-corrected chi connectivity index (χ1v) is 14.0. The van der Waals surface area contributed by atoms with Gasteiger partial charge in [0.25, 0.3) is 0 Å². The molecule has 2 aromatic rings. The molecule has 1 saturated heterocycles. The third-order valence-electron chi connectivity index (χ3n) is 6.54. The number of anilines is 3. The fourth-order valence-corrected chi connectivity index (χ4v) is 4.84. The van der Waals surface area contributed by atoms with E-state index < -0.39 is 10.8 Å². The maximum atomic E-state index is 13.2. The van der Waals surface area contributed by atoms with Gasteiger partial charge in [0.1, 0.15) is 17.7 Å². The molecule has 2 N–H and O–H groups in total. The molecule has 12 heteroatoms. The minimum atomic E-state index is -0.962. The minimum Gasteiger partial charge on any atom is -0.383 e. The Bertz CT molecular complexity index is 1260. The lowest BCUT2D eigenvalue weighted by Gasteiger charge is -2.33. The van der Waals surface area contributed by atoms with Gasteiger partial charge >= 0.3 is 6.03 Å². The van der Waals surface area contributed by atoms with Crippen molar-refractivity contribution in [1.29, 1.82) is 5.26 Å². The Labute approximate surface area is 219 Å². The molecule has 3 amide bonds. The predicted octanol–water partition coefficient (Wildman–Crippen LogP) is 1.71. The van der Waals surface area contributed by atoms with E-state index in [4.69, 9.17) is 4.98 Å². The molecule has 0 spiro atoms. The summed E-state index contributed by atoms with van der Waals surface area (Å²) in [5.41, 5.74) is 3.63. The molecule has 0 aliphatic carbocycles. The molecular weight excluding hydrogens is 492 g/mol.